The molecule has 3 rings (SSSR count). The molecule has 1 heterocycles. The third kappa shape index (κ3) is 5.52. The number of hydrogen-bond donors (Lipinski definition) is 1. The van der Waals surface area contributed by atoms with Gasteiger partial charge in [0.05, 0.1) is 17.6 Å². The van der Waals surface area contributed by atoms with Crippen LogP contribution in [0, 0.1) is 0 Å². The molecule has 1 aliphatic heterocycles. The first-order chi connectivity index (χ1) is 13.9. The molecule has 29 heavy (non-hydrogen) atoms. The fourth-order valence-electron chi connectivity index (χ4n) is 3.95. The molecule has 2 unspecified atom stereocenters. The Kier molecular flexibility index (Phi) is 7.58. The lowest BCUT2D eigenvalue weighted by Gasteiger charge is -2.42. The summed E-state index contributed by atoms with van der Waals surface area (Å²) < 4.78 is 5.29. The maximum Gasteiger partial charge on any atom is 0.316 e. The smallest absolute Gasteiger partial charge is 0.316 e. The summed E-state index contributed by atoms with van der Waals surface area (Å²) in [6.45, 7) is 4.07. The number of aliphatic hydroxyl groups is 1. The largest absolute Gasteiger partial charge is 0.465 e. The van der Waals surface area contributed by atoms with E-state index in [2.05, 4.69) is 4.90 Å². The summed E-state index contributed by atoms with van der Waals surface area (Å²) in [4.78, 5) is 15.0. The number of carbonyl (C=O) groups excluding carboxylic acids is 1. The molecule has 0 spiro atoms. The van der Waals surface area contributed by atoms with E-state index >= 15 is 0 Å². The maximum atomic E-state index is 12.7. The van der Waals surface area contributed by atoms with Gasteiger partial charge in [0.15, 0.2) is 0 Å². The SMILES string of the molecule is CCOC(=O)C(c1ccc(Cl)cc1)C1(O)CCN(CC(Cl)c2ccccc2)CC1. The van der Waals surface area contributed by atoms with Crippen molar-refractivity contribution in [2.24, 2.45) is 0 Å². The van der Waals surface area contributed by atoms with E-state index < -0.39 is 17.5 Å². The summed E-state index contributed by atoms with van der Waals surface area (Å²) >= 11 is 12.6. The third-order valence-corrected chi connectivity index (χ3v) is 6.21. The summed E-state index contributed by atoms with van der Waals surface area (Å²) in [5.74, 6) is -1.13. The number of benzene rings is 2. The number of esters is 1. The predicted octanol–water partition coefficient (Wildman–Crippen LogP) is 4.79. The van der Waals surface area contributed by atoms with E-state index in [-0.39, 0.29) is 12.0 Å². The van der Waals surface area contributed by atoms with E-state index in [1.807, 2.05) is 30.3 Å². The number of hydrogen-bond acceptors (Lipinski definition) is 4. The lowest BCUT2D eigenvalue weighted by Crippen LogP contribution is -2.50. The van der Waals surface area contributed by atoms with Gasteiger partial charge >= 0.3 is 5.97 Å². The van der Waals surface area contributed by atoms with Crippen molar-refractivity contribution in [1.82, 2.24) is 4.90 Å². The van der Waals surface area contributed by atoms with Crippen LogP contribution >= 0.6 is 23.2 Å². The van der Waals surface area contributed by atoms with Crippen LogP contribution in [0.3, 0.4) is 0 Å². The number of piperidine rings is 1. The Bertz CT molecular complexity index is 790. The highest BCUT2D eigenvalue weighted by Crippen LogP contribution is 2.39. The van der Waals surface area contributed by atoms with E-state index in [0.717, 1.165) is 11.1 Å². The Morgan fingerprint density at radius 3 is 2.31 bits per heavy atom. The molecule has 0 bridgehead atoms. The van der Waals surface area contributed by atoms with Gasteiger partial charge in [0.1, 0.15) is 5.92 Å². The van der Waals surface area contributed by atoms with E-state index in [9.17, 15) is 9.90 Å². The van der Waals surface area contributed by atoms with Crippen molar-refractivity contribution in [3.8, 4) is 0 Å². The van der Waals surface area contributed by atoms with Crippen molar-refractivity contribution in [3.63, 3.8) is 0 Å². The molecule has 6 heteroatoms. The highest BCUT2D eigenvalue weighted by molar-refractivity contribution is 6.30. The van der Waals surface area contributed by atoms with Crippen LogP contribution in [0.1, 0.15) is 42.2 Å². The molecular weight excluding hydrogens is 409 g/mol. The minimum Gasteiger partial charge on any atom is -0.465 e. The number of nitrogens with zero attached hydrogens (tertiary/aromatic N) is 1. The average molecular weight is 436 g/mol. The summed E-state index contributed by atoms with van der Waals surface area (Å²) in [5, 5.41) is 11.9. The lowest BCUT2D eigenvalue weighted by atomic mass is 9.75. The Labute approximate surface area is 182 Å². The van der Waals surface area contributed by atoms with Crippen LogP contribution in [0.4, 0.5) is 0 Å². The van der Waals surface area contributed by atoms with E-state index in [0.29, 0.717) is 37.5 Å². The predicted molar refractivity (Wildman–Crippen MR) is 116 cm³/mol. The van der Waals surface area contributed by atoms with Gasteiger partial charge in [-0.3, -0.25) is 4.79 Å². The van der Waals surface area contributed by atoms with Crippen LogP contribution < -0.4 is 0 Å². The Morgan fingerprint density at radius 2 is 1.72 bits per heavy atom. The summed E-state index contributed by atoms with van der Waals surface area (Å²) in [7, 11) is 0. The van der Waals surface area contributed by atoms with Gasteiger partial charge in [0.25, 0.3) is 0 Å². The van der Waals surface area contributed by atoms with Crippen molar-refractivity contribution < 1.29 is 14.6 Å². The first-order valence-corrected chi connectivity index (χ1v) is 10.8. The second kappa shape index (κ2) is 9.94. The summed E-state index contributed by atoms with van der Waals surface area (Å²) in [5.41, 5.74) is 0.648. The number of likely N-dealkylation sites (tertiary alicyclic amines) is 1. The third-order valence-electron chi connectivity index (χ3n) is 5.56. The molecule has 1 saturated heterocycles. The lowest BCUT2D eigenvalue weighted by molar-refractivity contribution is -0.155. The first-order valence-electron chi connectivity index (χ1n) is 9.99. The molecule has 0 amide bonds. The van der Waals surface area contributed by atoms with Gasteiger partial charge in [-0.1, -0.05) is 54.1 Å². The maximum absolute atomic E-state index is 12.7. The van der Waals surface area contributed by atoms with Gasteiger partial charge in [-0.2, -0.15) is 0 Å². The normalized spacial score (nSPS) is 18.8. The van der Waals surface area contributed by atoms with Crippen molar-refractivity contribution in [3.05, 3.63) is 70.7 Å². The fraction of sp³-hybridized carbons (Fsp3) is 0.435. The van der Waals surface area contributed by atoms with Gasteiger partial charge in [0.2, 0.25) is 0 Å². The van der Waals surface area contributed by atoms with Crippen molar-refractivity contribution in [1.29, 1.82) is 0 Å². The van der Waals surface area contributed by atoms with Gasteiger partial charge in [-0.05, 0) is 43.0 Å². The average Bonchev–Trinajstić information content (AvgIpc) is 2.72. The molecule has 0 saturated carbocycles. The van der Waals surface area contributed by atoms with Gasteiger partial charge in [0, 0.05) is 24.7 Å². The Hall–Kier alpha value is -1.59. The van der Waals surface area contributed by atoms with Gasteiger partial charge < -0.3 is 14.7 Å². The molecule has 156 valence electrons. The summed E-state index contributed by atoms with van der Waals surface area (Å²) in [6, 6.07) is 17.0. The molecule has 0 aliphatic carbocycles. The standard InChI is InChI=1S/C23H27Cl2NO3/c1-2-29-22(27)21(18-8-10-19(24)11-9-18)23(28)12-14-26(15-13-23)16-20(25)17-6-4-3-5-7-17/h3-11,20-21,28H,2,12-16H2,1H3. The number of rotatable bonds is 7. The molecule has 1 aliphatic rings. The second-order valence-corrected chi connectivity index (χ2v) is 8.48. The topological polar surface area (TPSA) is 49.8 Å². The second-order valence-electron chi connectivity index (χ2n) is 7.52. The van der Waals surface area contributed by atoms with E-state index in [1.165, 1.54) is 0 Å². The molecule has 4 nitrogen and oxygen atoms in total. The fourth-order valence-corrected chi connectivity index (χ4v) is 4.42. The van der Waals surface area contributed by atoms with Gasteiger partial charge in [-0.25, -0.2) is 0 Å². The monoisotopic (exact) mass is 435 g/mol. The van der Waals surface area contributed by atoms with Crippen LogP contribution in [-0.2, 0) is 9.53 Å². The van der Waals surface area contributed by atoms with Crippen molar-refractivity contribution in [2.45, 2.75) is 36.7 Å². The molecule has 0 radical (unpaired) electrons. The number of carbonyl (C=O) groups is 1. The Morgan fingerprint density at radius 1 is 1.10 bits per heavy atom. The van der Waals surface area contributed by atoms with Crippen LogP contribution in [-0.4, -0.2) is 47.8 Å². The van der Waals surface area contributed by atoms with E-state index in [4.69, 9.17) is 27.9 Å². The summed E-state index contributed by atoms with van der Waals surface area (Å²) in [6.07, 6.45) is 0.939. The molecule has 1 N–H and O–H groups in total. The molecule has 0 aromatic heterocycles. The van der Waals surface area contributed by atoms with Crippen LogP contribution in [0.2, 0.25) is 5.02 Å². The van der Waals surface area contributed by atoms with Crippen molar-refractivity contribution >= 4 is 29.2 Å². The van der Waals surface area contributed by atoms with Crippen LogP contribution in [0.5, 0.6) is 0 Å². The molecule has 1 fully saturated rings. The Balaban J connectivity index is 1.70. The zero-order valence-electron chi connectivity index (χ0n) is 16.6. The minimum atomic E-state index is -1.16. The zero-order chi connectivity index (χ0) is 20.9. The highest BCUT2D eigenvalue weighted by atomic mass is 35.5. The molecule has 2 atom stereocenters. The van der Waals surface area contributed by atoms with Crippen LogP contribution in [0.25, 0.3) is 0 Å². The van der Waals surface area contributed by atoms with Crippen molar-refractivity contribution in [2.75, 3.05) is 26.2 Å². The molecule has 2 aromatic carbocycles. The van der Waals surface area contributed by atoms with Gasteiger partial charge in [-0.15, -0.1) is 11.6 Å². The minimum absolute atomic E-state index is 0.112. The van der Waals surface area contributed by atoms with Crippen LogP contribution in [0.15, 0.2) is 54.6 Å². The first kappa shape index (κ1) is 22.1. The molecule has 2 aromatic rings. The van der Waals surface area contributed by atoms with E-state index in [1.54, 1.807) is 31.2 Å². The quantitative estimate of drug-likeness (QED) is 0.501. The number of alkyl halides is 1. The highest BCUT2D eigenvalue weighted by Gasteiger charge is 2.45. The number of ether oxygens (including phenoxy) is 1. The number of halogens is 2. The zero-order valence-corrected chi connectivity index (χ0v) is 18.1. The molecular formula is C23H27Cl2NO3.